The van der Waals surface area contributed by atoms with Crippen LogP contribution in [-0.2, 0) is 4.74 Å². The molecule has 1 aliphatic rings. The number of piperidine rings is 1. The summed E-state index contributed by atoms with van der Waals surface area (Å²) in [5, 5.41) is 12.3. The van der Waals surface area contributed by atoms with Crippen LogP contribution in [0.4, 0.5) is 5.69 Å². The van der Waals surface area contributed by atoms with Gasteiger partial charge in [0.2, 0.25) is 0 Å². The first-order valence-electron chi connectivity index (χ1n) is 7.05. The molecule has 2 unspecified atom stereocenters. The molecule has 1 aromatic rings. The minimum absolute atomic E-state index is 0.155. The number of amidine groups is 1. The lowest BCUT2D eigenvalue weighted by Crippen LogP contribution is -2.44. The van der Waals surface area contributed by atoms with Crippen molar-refractivity contribution in [1.82, 2.24) is 0 Å². The summed E-state index contributed by atoms with van der Waals surface area (Å²) in [7, 11) is 1.76. The Labute approximate surface area is 130 Å². The van der Waals surface area contributed by atoms with Crippen molar-refractivity contribution in [3.05, 3.63) is 23.8 Å². The molecule has 2 rings (SSSR count). The van der Waals surface area contributed by atoms with E-state index >= 15 is 0 Å². The fourth-order valence-corrected chi connectivity index (χ4v) is 3.45. The van der Waals surface area contributed by atoms with E-state index in [2.05, 4.69) is 17.0 Å². The number of anilines is 1. The number of hydrogen-bond acceptors (Lipinski definition) is 5. The zero-order valence-electron chi connectivity index (χ0n) is 12.7. The summed E-state index contributed by atoms with van der Waals surface area (Å²) in [4.78, 5) is 3.27. The Bertz CT molecular complexity index is 522. The van der Waals surface area contributed by atoms with Crippen LogP contribution in [-0.4, -0.2) is 43.6 Å². The summed E-state index contributed by atoms with van der Waals surface area (Å²) in [6, 6.07) is 6.02. The van der Waals surface area contributed by atoms with Gasteiger partial charge in [0.05, 0.1) is 11.7 Å². The summed E-state index contributed by atoms with van der Waals surface area (Å²) < 4.78 is 5.58. The standard InChI is InChI=1S/C15H23N3O2S/c1-10-7-8-18(9-12(10)20-2)11-5-4-6-13(21-3)14(11)15(16)17-19/h4-6,10,12,19H,7-9H2,1-3H3,(H2,16,17). The second kappa shape index (κ2) is 7.04. The minimum atomic E-state index is 0.155. The lowest BCUT2D eigenvalue weighted by Gasteiger charge is -2.38. The summed E-state index contributed by atoms with van der Waals surface area (Å²) in [6.45, 7) is 3.99. The quantitative estimate of drug-likeness (QED) is 0.294. The van der Waals surface area contributed by atoms with Gasteiger partial charge in [-0.1, -0.05) is 18.1 Å². The highest BCUT2D eigenvalue weighted by molar-refractivity contribution is 7.98. The van der Waals surface area contributed by atoms with Gasteiger partial charge in [-0.25, -0.2) is 0 Å². The van der Waals surface area contributed by atoms with Gasteiger partial charge in [0.25, 0.3) is 0 Å². The molecule has 0 bridgehead atoms. The third kappa shape index (κ3) is 3.27. The van der Waals surface area contributed by atoms with Gasteiger partial charge in [-0.2, -0.15) is 0 Å². The largest absolute Gasteiger partial charge is 0.409 e. The topological polar surface area (TPSA) is 71.1 Å². The Kier molecular flexibility index (Phi) is 5.36. The van der Waals surface area contributed by atoms with Crippen LogP contribution in [0.15, 0.2) is 28.3 Å². The van der Waals surface area contributed by atoms with Crippen molar-refractivity contribution >= 4 is 23.3 Å². The van der Waals surface area contributed by atoms with E-state index in [1.807, 2.05) is 24.5 Å². The van der Waals surface area contributed by atoms with Crippen molar-refractivity contribution < 1.29 is 9.94 Å². The number of nitrogens with two attached hydrogens (primary N) is 1. The summed E-state index contributed by atoms with van der Waals surface area (Å²) in [5.74, 6) is 0.699. The average molecular weight is 309 g/mol. The zero-order chi connectivity index (χ0) is 15.4. The maximum absolute atomic E-state index is 9.08. The molecule has 5 nitrogen and oxygen atoms in total. The van der Waals surface area contributed by atoms with Gasteiger partial charge >= 0.3 is 0 Å². The average Bonchev–Trinajstić information content (AvgIpc) is 2.53. The molecule has 0 amide bonds. The lowest BCUT2D eigenvalue weighted by molar-refractivity contribution is 0.0498. The highest BCUT2D eigenvalue weighted by atomic mass is 32.2. The van der Waals surface area contributed by atoms with E-state index in [1.54, 1.807) is 18.9 Å². The Balaban J connectivity index is 2.39. The van der Waals surface area contributed by atoms with E-state index in [0.717, 1.165) is 35.7 Å². The van der Waals surface area contributed by atoms with Crippen LogP contribution in [0.5, 0.6) is 0 Å². The van der Waals surface area contributed by atoms with E-state index in [1.165, 1.54) is 0 Å². The normalized spacial score (nSPS) is 23.4. The van der Waals surface area contributed by atoms with E-state index in [0.29, 0.717) is 5.92 Å². The van der Waals surface area contributed by atoms with E-state index < -0.39 is 0 Å². The molecule has 3 N–H and O–H groups in total. The fourth-order valence-electron chi connectivity index (χ4n) is 2.82. The molecule has 0 saturated carbocycles. The first-order valence-corrected chi connectivity index (χ1v) is 8.27. The van der Waals surface area contributed by atoms with Crippen LogP contribution >= 0.6 is 11.8 Å². The van der Waals surface area contributed by atoms with E-state index in [-0.39, 0.29) is 11.9 Å². The summed E-state index contributed by atoms with van der Waals surface area (Å²) in [5.41, 5.74) is 7.71. The van der Waals surface area contributed by atoms with Gasteiger partial charge in [0, 0.05) is 30.8 Å². The van der Waals surface area contributed by atoms with Crippen LogP contribution in [0.25, 0.3) is 0 Å². The van der Waals surface area contributed by atoms with Gasteiger partial charge in [0.1, 0.15) is 0 Å². The Morgan fingerprint density at radius 2 is 2.29 bits per heavy atom. The molecule has 0 radical (unpaired) electrons. The predicted molar refractivity (Wildman–Crippen MR) is 87.5 cm³/mol. The number of methoxy groups -OCH3 is 1. The van der Waals surface area contributed by atoms with Crippen molar-refractivity contribution in [2.45, 2.75) is 24.3 Å². The number of hydrogen-bond donors (Lipinski definition) is 2. The third-order valence-electron chi connectivity index (χ3n) is 4.12. The predicted octanol–water partition coefficient (Wildman–Crippen LogP) is 2.36. The highest BCUT2D eigenvalue weighted by Crippen LogP contribution is 2.32. The van der Waals surface area contributed by atoms with Crippen molar-refractivity contribution in [1.29, 1.82) is 0 Å². The van der Waals surface area contributed by atoms with Crippen LogP contribution < -0.4 is 10.6 Å². The van der Waals surface area contributed by atoms with E-state index in [4.69, 9.17) is 15.7 Å². The molecule has 0 spiro atoms. The first kappa shape index (κ1) is 16.0. The highest BCUT2D eigenvalue weighted by Gasteiger charge is 2.28. The van der Waals surface area contributed by atoms with Crippen LogP contribution in [0.2, 0.25) is 0 Å². The molecule has 1 saturated heterocycles. The second-order valence-corrected chi connectivity index (χ2v) is 6.17. The monoisotopic (exact) mass is 309 g/mol. The summed E-state index contributed by atoms with van der Waals surface area (Å²) in [6.07, 6.45) is 3.26. The molecule has 116 valence electrons. The number of oxime groups is 1. The van der Waals surface area contributed by atoms with Gasteiger partial charge < -0.3 is 20.6 Å². The van der Waals surface area contributed by atoms with Crippen molar-refractivity contribution in [3.63, 3.8) is 0 Å². The van der Waals surface area contributed by atoms with Crippen LogP contribution in [0.1, 0.15) is 18.9 Å². The van der Waals surface area contributed by atoms with Gasteiger partial charge in [-0.15, -0.1) is 11.8 Å². The number of nitrogens with zero attached hydrogens (tertiary/aromatic N) is 2. The van der Waals surface area contributed by atoms with Crippen molar-refractivity contribution in [2.24, 2.45) is 16.8 Å². The van der Waals surface area contributed by atoms with Gasteiger partial charge in [-0.05, 0) is 30.7 Å². The second-order valence-electron chi connectivity index (χ2n) is 5.33. The molecule has 1 aromatic carbocycles. The Morgan fingerprint density at radius 3 is 2.90 bits per heavy atom. The van der Waals surface area contributed by atoms with Gasteiger partial charge in [-0.3, -0.25) is 0 Å². The van der Waals surface area contributed by atoms with Crippen LogP contribution in [0.3, 0.4) is 0 Å². The van der Waals surface area contributed by atoms with Crippen molar-refractivity contribution in [2.75, 3.05) is 31.4 Å². The molecule has 6 heteroatoms. The molecular weight excluding hydrogens is 286 g/mol. The zero-order valence-corrected chi connectivity index (χ0v) is 13.6. The Hall–Kier alpha value is -1.40. The number of thioether (sulfide) groups is 1. The van der Waals surface area contributed by atoms with E-state index in [9.17, 15) is 0 Å². The maximum Gasteiger partial charge on any atom is 0.173 e. The van der Waals surface area contributed by atoms with Crippen LogP contribution in [0, 0.1) is 5.92 Å². The molecule has 1 heterocycles. The number of ether oxygens (including phenoxy) is 1. The SMILES string of the molecule is COC1CN(c2cccc(SC)c2/C(N)=N/O)CCC1C. The van der Waals surface area contributed by atoms with Crippen molar-refractivity contribution in [3.8, 4) is 0 Å². The smallest absolute Gasteiger partial charge is 0.173 e. The number of rotatable bonds is 4. The first-order chi connectivity index (χ1) is 10.1. The molecule has 0 aliphatic carbocycles. The molecule has 21 heavy (non-hydrogen) atoms. The molecule has 0 aromatic heterocycles. The molecule has 1 fully saturated rings. The third-order valence-corrected chi connectivity index (χ3v) is 4.90. The summed E-state index contributed by atoms with van der Waals surface area (Å²) >= 11 is 1.59. The van der Waals surface area contributed by atoms with Gasteiger partial charge in [0.15, 0.2) is 5.84 Å². The molecule has 2 atom stereocenters. The maximum atomic E-state index is 9.08. The molecular formula is C15H23N3O2S. The molecule has 1 aliphatic heterocycles. The number of benzene rings is 1. The fraction of sp³-hybridized carbons (Fsp3) is 0.533. The lowest BCUT2D eigenvalue weighted by atomic mass is 9.95. The minimum Gasteiger partial charge on any atom is -0.409 e. The Morgan fingerprint density at radius 1 is 1.52 bits per heavy atom.